The monoisotopic (exact) mass is 253 g/mol. The molecular weight excluding hydrogens is 230 g/mol. The second-order valence-electron chi connectivity index (χ2n) is 4.08. The second-order valence-corrected chi connectivity index (χ2v) is 4.08. The summed E-state index contributed by atoms with van der Waals surface area (Å²) in [4.78, 5) is 0. The Morgan fingerprint density at radius 3 is 2.53 bits per heavy atom. The molecule has 0 spiro atoms. The first-order chi connectivity index (χ1) is 7.93. The summed E-state index contributed by atoms with van der Waals surface area (Å²) in [6.45, 7) is 4.36. The Labute approximate surface area is 112 Å². The first-order valence-electron chi connectivity index (χ1n) is 6.36. The molecule has 0 amide bonds. The highest BCUT2D eigenvalue weighted by atomic mass is 35.5. The van der Waals surface area contributed by atoms with Crippen molar-refractivity contribution in [1.29, 1.82) is 0 Å². The zero-order valence-corrected chi connectivity index (χ0v) is 11.5. The minimum Gasteiger partial charge on any atom is -0.313 e. The molecule has 0 heterocycles. The van der Waals surface area contributed by atoms with E-state index in [1.165, 1.54) is 31.2 Å². The fourth-order valence-electron chi connectivity index (χ4n) is 1.62. The van der Waals surface area contributed by atoms with Crippen molar-refractivity contribution < 1.29 is 0 Å². The molecule has 0 aromatic heterocycles. The number of hydrogen-bond acceptors (Lipinski definition) is 1. The third-order valence-corrected chi connectivity index (χ3v) is 2.58. The second kappa shape index (κ2) is 11.7. The molecule has 0 aliphatic heterocycles. The quantitative estimate of drug-likeness (QED) is 0.682. The third-order valence-electron chi connectivity index (χ3n) is 2.58. The fourth-order valence-corrected chi connectivity index (χ4v) is 1.62. The highest BCUT2D eigenvalue weighted by Gasteiger charge is 1.86. The highest BCUT2D eigenvalue weighted by molar-refractivity contribution is 5.85. The van der Waals surface area contributed by atoms with Crippen LogP contribution in [0.1, 0.15) is 38.2 Å². The van der Waals surface area contributed by atoms with Gasteiger partial charge in [-0.05, 0) is 18.5 Å². The Balaban J connectivity index is 0.00000256. The molecule has 0 atom stereocenters. The van der Waals surface area contributed by atoms with E-state index in [0.29, 0.717) is 0 Å². The van der Waals surface area contributed by atoms with Crippen LogP contribution in [0.15, 0.2) is 36.4 Å². The van der Waals surface area contributed by atoms with Crippen molar-refractivity contribution in [2.24, 2.45) is 0 Å². The first kappa shape index (κ1) is 16.2. The molecule has 0 saturated heterocycles. The van der Waals surface area contributed by atoms with E-state index < -0.39 is 0 Å². The molecule has 2 heteroatoms. The van der Waals surface area contributed by atoms with Crippen LogP contribution < -0.4 is 5.32 Å². The van der Waals surface area contributed by atoms with Crippen LogP contribution >= 0.6 is 12.4 Å². The number of hydrogen-bond donors (Lipinski definition) is 1. The van der Waals surface area contributed by atoms with Crippen molar-refractivity contribution in [2.45, 2.75) is 32.6 Å². The van der Waals surface area contributed by atoms with E-state index in [4.69, 9.17) is 0 Å². The molecule has 1 N–H and O–H groups in total. The van der Waals surface area contributed by atoms with Gasteiger partial charge in [-0.2, -0.15) is 0 Å². The maximum Gasteiger partial charge on any atom is 0.0138 e. The lowest BCUT2D eigenvalue weighted by Crippen LogP contribution is -2.14. The molecule has 0 radical (unpaired) electrons. The van der Waals surface area contributed by atoms with Crippen LogP contribution in [-0.2, 0) is 0 Å². The summed E-state index contributed by atoms with van der Waals surface area (Å²) in [5.41, 5.74) is 1.27. The molecule has 0 unspecified atom stereocenters. The molecule has 0 fully saturated rings. The van der Waals surface area contributed by atoms with Gasteiger partial charge in [0.05, 0.1) is 0 Å². The van der Waals surface area contributed by atoms with Gasteiger partial charge >= 0.3 is 0 Å². The molecule has 0 aliphatic carbocycles. The average molecular weight is 254 g/mol. The van der Waals surface area contributed by atoms with Gasteiger partial charge in [0.25, 0.3) is 0 Å². The molecule has 0 bridgehead atoms. The molecule has 0 aliphatic rings. The summed E-state index contributed by atoms with van der Waals surface area (Å²) in [6, 6.07) is 10.4. The summed E-state index contributed by atoms with van der Waals surface area (Å²) in [7, 11) is 0. The molecule has 1 nitrogen and oxygen atoms in total. The Bertz CT molecular complexity index is 282. The largest absolute Gasteiger partial charge is 0.313 e. The molecule has 1 aromatic carbocycles. The molecule has 0 saturated carbocycles. The molecule has 1 rings (SSSR count). The molecular formula is C15H24ClN. The Hall–Kier alpha value is -0.790. The number of benzene rings is 1. The van der Waals surface area contributed by atoms with Crippen LogP contribution in [0.25, 0.3) is 6.08 Å². The standard InChI is InChI=1S/C15H23N.ClH/c1-2-3-4-8-13-16-14-9-12-15-10-6-5-7-11-15;/h5-7,9-12,16H,2-4,8,13-14H2,1H3;1H/b12-9+;. The topological polar surface area (TPSA) is 12.0 Å². The maximum atomic E-state index is 3.43. The normalized spacial score (nSPS) is 10.4. The number of rotatable bonds is 8. The zero-order valence-electron chi connectivity index (χ0n) is 10.7. The first-order valence-corrected chi connectivity index (χ1v) is 6.36. The highest BCUT2D eigenvalue weighted by Crippen LogP contribution is 2.00. The Morgan fingerprint density at radius 2 is 1.82 bits per heavy atom. The smallest absolute Gasteiger partial charge is 0.0138 e. The van der Waals surface area contributed by atoms with E-state index in [1.807, 2.05) is 6.07 Å². The Morgan fingerprint density at radius 1 is 1.06 bits per heavy atom. The predicted molar refractivity (Wildman–Crippen MR) is 79.7 cm³/mol. The van der Waals surface area contributed by atoms with Gasteiger partial charge in [0.15, 0.2) is 0 Å². The van der Waals surface area contributed by atoms with E-state index in [9.17, 15) is 0 Å². The third kappa shape index (κ3) is 8.96. The SMILES string of the molecule is CCCCCCNC/C=C/c1ccccc1.Cl. The van der Waals surface area contributed by atoms with Gasteiger partial charge in [0.2, 0.25) is 0 Å². The lowest BCUT2D eigenvalue weighted by Gasteiger charge is -2.00. The van der Waals surface area contributed by atoms with E-state index in [1.54, 1.807) is 0 Å². The van der Waals surface area contributed by atoms with E-state index >= 15 is 0 Å². The van der Waals surface area contributed by atoms with Gasteiger partial charge < -0.3 is 5.32 Å². The van der Waals surface area contributed by atoms with Crippen molar-refractivity contribution in [3.05, 3.63) is 42.0 Å². The van der Waals surface area contributed by atoms with Crippen LogP contribution in [0.2, 0.25) is 0 Å². The lowest BCUT2D eigenvalue weighted by atomic mass is 10.2. The average Bonchev–Trinajstić information content (AvgIpc) is 2.34. The molecule has 1 aromatic rings. The van der Waals surface area contributed by atoms with Gasteiger partial charge in [0, 0.05) is 6.54 Å². The van der Waals surface area contributed by atoms with Gasteiger partial charge in [-0.1, -0.05) is 68.7 Å². The van der Waals surface area contributed by atoms with Crippen LogP contribution in [-0.4, -0.2) is 13.1 Å². The minimum absolute atomic E-state index is 0. The summed E-state index contributed by atoms with van der Waals surface area (Å²) >= 11 is 0. The number of halogens is 1. The van der Waals surface area contributed by atoms with Crippen LogP contribution in [0.4, 0.5) is 0 Å². The predicted octanol–water partition coefficient (Wildman–Crippen LogP) is 4.29. The van der Waals surface area contributed by atoms with Crippen molar-refractivity contribution >= 4 is 18.5 Å². The summed E-state index contributed by atoms with van der Waals surface area (Å²) in [5, 5.41) is 3.43. The van der Waals surface area contributed by atoms with E-state index in [2.05, 4.69) is 48.7 Å². The summed E-state index contributed by atoms with van der Waals surface area (Å²) < 4.78 is 0. The lowest BCUT2D eigenvalue weighted by molar-refractivity contribution is 0.621. The summed E-state index contributed by atoms with van der Waals surface area (Å²) in [6.07, 6.45) is 9.68. The molecule has 17 heavy (non-hydrogen) atoms. The van der Waals surface area contributed by atoms with Crippen LogP contribution in [0, 0.1) is 0 Å². The van der Waals surface area contributed by atoms with E-state index in [0.717, 1.165) is 13.1 Å². The number of nitrogens with one attached hydrogen (secondary N) is 1. The van der Waals surface area contributed by atoms with Gasteiger partial charge in [-0.15, -0.1) is 12.4 Å². The van der Waals surface area contributed by atoms with Crippen molar-refractivity contribution in [3.8, 4) is 0 Å². The van der Waals surface area contributed by atoms with Crippen molar-refractivity contribution in [2.75, 3.05) is 13.1 Å². The van der Waals surface area contributed by atoms with Crippen molar-refractivity contribution in [1.82, 2.24) is 5.32 Å². The fraction of sp³-hybridized carbons (Fsp3) is 0.467. The van der Waals surface area contributed by atoms with Crippen LogP contribution in [0.5, 0.6) is 0 Å². The summed E-state index contributed by atoms with van der Waals surface area (Å²) in [5.74, 6) is 0. The van der Waals surface area contributed by atoms with E-state index in [-0.39, 0.29) is 12.4 Å². The van der Waals surface area contributed by atoms with Gasteiger partial charge in [-0.3, -0.25) is 0 Å². The van der Waals surface area contributed by atoms with Gasteiger partial charge in [-0.25, -0.2) is 0 Å². The minimum atomic E-state index is 0. The zero-order chi connectivity index (χ0) is 11.5. The Kier molecular flexibility index (Phi) is 11.1. The maximum absolute atomic E-state index is 3.43. The van der Waals surface area contributed by atoms with Gasteiger partial charge in [0.1, 0.15) is 0 Å². The van der Waals surface area contributed by atoms with Crippen molar-refractivity contribution in [3.63, 3.8) is 0 Å². The number of unbranched alkanes of at least 4 members (excludes halogenated alkanes) is 3. The van der Waals surface area contributed by atoms with Crippen LogP contribution in [0.3, 0.4) is 0 Å². The molecule has 96 valence electrons.